The number of aryl methyl sites for hydroxylation is 2. The van der Waals surface area contributed by atoms with Crippen LogP contribution in [0.2, 0.25) is 0 Å². The van der Waals surface area contributed by atoms with E-state index in [1.54, 1.807) is 30.5 Å². The van der Waals surface area contributed by atoms with Gasteiger partial charge >= 0.3 is 0 Å². The molecule has 0 aliphatic rings. The molecule has 3 N–H and O–H groups in total. The fourth-order valence-electron chi connectivity index (χ4n) is 2.75. The summed E-state index contributed by atoms with van der Waals surface area (Å²) in [5.74, 6) is -0.528. The van der Waals surface area contributed by atoms with Crippen LogP contribution in [0.3, 0.4) is 0 Å². The number of carbonyl (C=O) groups excluding carboxylic acids is 2. The van der Waals surface area contributed by atoms with E-state index in [9.17, 15) is 14.7 Å². The van der Waals surface area contributed by atoms with Gasteiger partial charge in [-0.1, -0.05) is 36.4 Å². The Kier molecular flexibility index (Phi) is 4.70. The Morgan fingerprint density at radius 1 is 1.04 bits per heavy atom. The first-order valence-electron chi connectivity index (χ1n) is 7.96. The normalized spacial score (nSPS) is 10.6. The Hall–Kier alpha value is -3.28. The van der Waals surface area contributed by atoms with Gasteiger partial charge in [0.2, 0.25) is 5.91 Å². The second kappa shape index (κ2) is 7.09. The zero-order chi connectivity index (χ0) is 17.8. The number of nitrogens with one attached hydrogen (secondary N) is 2. The first-order chi connectivity index (χ1) is 12.1. The Morgan fingerprint density at radius 2 is 1.76 bits per heavy atom. The number of carbonyl (C=O) groups is 2. The van der Waals surface area contributed by atoms with E-state index in [-0.39, 0.29) is 24.0 Å². The molecule has 0 saturated carbocycles. The minimum Gasteiger partial charge on any atom is -0.508 e. The van der Waals surface area contributed by atoms with E-state index < -0.39 is 0 Å². The van der Waals surface area contributed by atoms with E-state index in [4.69, 9.17) is 0 Å². The smallest absolute Gasteiger partial charge is 0.271 e. The number of aromatic nitrogens is 1. The molecule has 0 aliphatic carbocycles. The molecule has 2 aromatic carbocycles. The van der Waals surface area contributed by atoms with E-state index in [0.717, 1.165) is 10.9 Å². The molecular formula is C19H19N3O3. The van der Waals surface area contributed by atoms with Gasteiger partial charge in [-0.05, 0) is 24.1 Å². The van der Waals surface area contributed by atoms with Crippen LogP contribution in [0.4, 0.5) is 0 Å². The predicted octanol–water partition coefficient (Wildman–Crippen LogP) is 2.28. The van der Waals surface area contributed by atoms with Crippen LogP contribution in [0.25, 0.3) is 10.9 Å². The highest BCUT2D eigenvalue weighted by Gasteiger charge is 2.14. The molecule has 1 aromatic heterocycles. The molecule has 0 fully saturated rings. The number of amides is 2. The molecule has 0 saturated heterocycles. The number of nitrogens with zero attached hydrogens (tertiary/aromatic N) is 1. The third-order valence-corrected chi connectivity index (χ3v) is 4.07. The number of rotatable bonds is 4. The second-order valence-electron chi connectivity index (χ2n) is 5.80. The zero-order valence-corrected chi connectivity index (χ0v) is 13.8. The molecule has 1 heterocycles. The lowest BCUT2D eigenvalue weighted by Gasteiger charge is -2.07. The summed E-state index contributed by atoms with van der Waals surface area (Å²) in [6.07, 6.45) is 2.28. The van der Waals surface area contributed by atoms with Crippen LogP contribution < -0.4 is 10.9 Å². The van der Waals surface area contributed by atoms with Crippen molar-refractivity contribution in [2.24, 2.45) is 7.05 Å². The minimum absolute atomic E-state index is 0.160. The zero-order valence-electron chi connectivity index (χ0n) is 13.8. The van der Waals surface area contributed by atoms with E-state index in [1.807, 2.05) is 35.9 Å². The first-order valence-corrected chi connectivity index (χ1v) is 7.96. The Labute approximate surface area is 145 Å². The van der Waals surface area contributed by atoms with Gasteiger partial charge in [0.15, 0.2) is 0 Å². The monoisotopic (exact) mass is 337 g/mol. The van der Waals surface area contributed by atoms with Gasteiger partial charge in [-0.25, -0.2) is 0 Å². The van der Waals surface area contributed by atoms with Crippen molar-refractivity contribution >= 4 is 22.7 Å². The number of phenolic OH excluding ortho intramolecular Hbond substituents is 1. The lowest BCUT2D eigenvalue weighted by atomic mass is 10.1. The van der Waals surface area contributed by atoms with Crippen molar-refractivity contribution in [2.75, 3.05) is 0 Å². The highest BCUT2D eigenvalue weighted by Crippen LogP contribution is 2.20. The molecule has 3 rings (SSSR count). The number of benzene rings is 2. The van der Waals surface area contributed by atoms with Crippen molar-refractivity contribution in [1.82, 2.24) is 15.4 Å². The number of aromatic hydroxyl groups is 1. The summed E-state index contributed by atoms with van der Waals surface area (Å²) in [6, 6.07) is 14.4. The quantitative estimate of drug-likeness (QED) is 0.639. The summed E-state index contributed by atoms with van der Waals surface area (Å²) in [5, 5.41) is 10.5. The minimum atomic E-state index is -0.368. The summed E-state index contributed by atoms with van der Waals surface area (Å²) < 4.78 is 1.87. The summed E-state index contributed by atoms with van der Waals surface area (Å²) in [5.41, 5.74) is 6.99. The molecule has 0 aliphatic heterocycles. The van der Waals surface area contributed by atoms with E-state index in [0.29, 0.717) is 17.5 Å². The third-order valence-electron chi connectivity index (χ3n) is 4.07. The maximum Gasteiger partial charge on any atom is 0.271 e. The van der Waals surface area contributed by atoms with Crippen molar-refractivity contribution in [2.45, 2.75) is 12.8 Å². The van der Waals surface area contributed by atoms with Crippen LogP contribution in [-0.2, 0) is 18.3 Å². The molecule has 0 radical (unpaired) electrons. The predicted molar refractivity (Wildman–Crippen MR) is 95.0 cm³/mol. The summed E-state index contributed by atoms with van der Waals surface area (Å²) in [6.45, 7) is 0. The third kappa shape index (κ3) is 3.63. The van der Waals surface area contributed by atoms with E-state index >= 15 is 0 Å². The number of para-hydroxylation sites is 2. The maximum absolute atomic E-state index is 12.3. The Morgan fingerprint density at radius 3 is 2.56 bits per heavy atom. The number of hydrazine groups is 1. The lowest BCUT2D eigenvalue weighted by molar-refractivity contribution is -0.121. The Balaban J connectivity index is 1.58. The van der Waals surface area contributed by atoms with Gasteiger partial charge in [0.25, 0.3) is 5.91 Å². The van der Waals surface area contributed by atoms with Gasteiger partial charge in [0.05, 0.1) is 5.56 Å². The SMILES string of the molecule is Cn1cc(C(=O)NNC(=O)CCc2ccccc2O)c2ccccc21. The molecule has 0 unspecified atom stereocenters. The number of hydrogen-bond acceptors (Lipinski definition) is 3. The fraction of sp³-hybridized carbons (Fsp3) is 0.158. The summed E-state index contributed by atoms with van der Waals surface area (Å²) >= 11 is 0. The van der Waals surface area contributed by atoms with Crippen molar-refractivity contribution in [3.63, 3.8) is 0 Å². The lowest BCUT2D eigenvalue weighted by Crippen LogP contribution is -2.41. The highest BCUT2D eigenvalue weighted by molar-refractivity contribution is 6.07. The van der Waals surface area contributed by atoms with Gasteiger partial charge < -0.3 is 9.67 Å². The first kappa shape index (κ1) is 16.6. The van der Waals surface area contributed by atoms with Crippen LogP contribution in [0.1, 0.15) is 22.3 Å². The molecule has 128 valence electrons. The van der Waals surface area contributed by atoms with Crippen LogP contribution in [0.5, 0.6) is 5.75 Å². The molecule has 0 atom stereocenters. The summed E-state index contributed by atoms with van der Waals surface area (Å²) in [4.78, 5) is 24.2. The van der Waals surface area contributed by atoms with Crippen LogP contribution in [0.15, 0.2) is 54.7 Å². The maximum atomic E-state index is 12.3. The van der Waals surface area contributed by atoms with Gasteiger partial charge in [-0.3, -0.25) is 20.4 Å². The molecule has 6 nitrogen and oxygen atoms in total. The van der Waals surface area contributed by atoms with Crippen molar-refractivity contribution in [3.05, 3.63) is 65.9 Å². The van der Waals surface area contributed by atoms with Crippen LogP contribution >= 0.6 is 0 Å². The van der Waals surface area contributed by atoms with Gasteiger partial charge in [-0.2, -0.15) is 0 Å². The van der Waals surface area contributed by atoms with Crippen molar-refractivity contribution in [3.8, 4) is 5.75 Å². The summed E-state index contributed by atoms with van der Waals surface area (Å²) in [7, 11) is 1.87. The molecule has 2 amide bonds. The topological polar surface area (TPSA) is 83.4 Å². The van der Waals surface area contributed by atoms with Gasteiger partial charge in [0, 0.05) is 30.6 Å². The largest absolute Gasteiger partial charge is 0.508 e. The van der Waals surface area contributed by atoms with Crippen LogP contribution in [-0.4, -0.2) is 21.5 Å². The molecule has 6 heteroatoms. The van der Waals surface area contributed by atoms with E-state index in [1.165, 1.54) is 0 Å². The van der Waals surface area contributed by atoms with Crippen LogP contribution in [0, 0.1) is 0 Å². The molecule has 0 spiro atoms. The molecule has 3 aromatic rings. The number of fused-ring (bicyclic) bond motifs is 1. The molecular weight excluding hydrogens is 318 g/mol. The number of phenols is 1. The van der Waals surface area contributed by atoms with Gasteiger partial charge in [0.1, 0.15) is 5.75 Å². The second-order valence-corrected chi connectivity index (χ2v) is 5.80. The van der Waals surface area contributed by atoms with Crippen molar-refractivity contribution in [1.29, 1.82) is 0 Å². The molecule has 0 bridgehead atoms. The fourth-order valence-corrected chi connectivity index (χ4v) is 2.75. The van der Waals surface area contributed by atoms with E-state index in [2.05, 4.69) is 10.9 Å². The number of hydrogen-bond donors (Lipinski definition) is 3. The van der Waals surface area contributed by atoms with Crippen molar-refractivity contribution < 1.29 is 14.7 Å². The average molecular weight is 337 g/mol. The standard InChI is InChI=1S/C19H19N3O3/c1-22-12-15(14-7-3-4-8-16(14)22)19(25)21-20-18(24)11-10-13-6-2-5-9-17(13)23/h2-9,12,23H,10-11H2,1H3,(H,20,24)(H,21,25). The molecule has 25 heavy (non-hydrogen) atoms. The highest BCUT2D eigenvalue weighted by atomic mass is 16.3. The Bertz CT molecular complexity index is 931. The average Bonchev–Trinajstić information content (AvgIpc) is 2.96. The van der Waals surface area contributed by atoms with Gasteiger partial charge in [-0.15, -0.1) is 0 Å².